The van der Waals surface area contributed by atoms with Crippen LogP contribution >= 0.6 is 0 Å². The number of piperazine rings is 1. The average molecular weight is 535 g/mol. The van der Waals surface area contributed by atoms with Gasteiger partial charge in [-0.25, -0.2) is 9.99 Å². The zero-order valence-electron chi connectivity index (χ0n) is 22.8. The van der Waals surface area contributed by atoms with Gasteiger partial charge >= 0.3 is 0 Å². The van der Waals surface area contributed by atoms with Crippen LogP contribution in [0, 0.1) is 5.41 Å². The third kappa shape index (κ3) is 4.89. The molecule has 208 valence electrons. The molecule has 1 aromatic carbocycles. The second-order valence-corrected chi connectivity index (χ2v) is 11.2. The summed E-state index contributed by atoms with van der Waals surface area (Å²) in [7, 11) is 3.43. The van der Waals surface area contributed by atoms with Crippen LogP contribution in [0.2, 0.25) is 0 Å². The Balaban J connectivity index is 1.27. The van der Waals surface area contributed by atoms with E-state index in [-0.39, 0.29) is 17.2 Å². The number of anilines is 4. The Morgan fingerprint density at radius 3 is 2.62 bits per heavy atom. The number of rotatable bonds is 6. The first kappa shape index (κ1) is 25.8. The van der Waals surface area contributed by atoms with Crippen molar-refractivity contribution < 1.29 is 14.3 Å². The number of hydrazine groups is 1. The van der Waals surface area contributed by atoms with Crippen LogP contribution in [0.4, 0.5) is 23.1 Å². The second-order valence-electron chi connectivity index (χ2n) is 11.2. The summed E-state index contributed by atoms with van der Waals surface area (Å²) in [4.78, 5) is 40.1. The molecule has 6 rings (SSSR count). The molecule has 2 aromatic rings. The first-order valence-electron chi connectivity index (χ1n) is 14.1. The summed E-state index contributed by atoms with van der Waals surface area (Å²) in [5.74, 6) is 1.77. The number of ether oxygens (including phenoxy) is 1. The number of amides is 2. The summed E-state index contributed by atoms with van der Waals surface area (Å²) in [5, 5.41) is 8.50. The van der Waals surface area contributed by atoms with Crippen molar-refractivity contribution in [3.8, 4) is 5.75 Å². The smallest absolute Gasteiger partial charge is 0.265 e. The van der Waals surface area contributed by atoms with Crippen LogP contribution in [0.25, 0.3) is 0 Å². The molecule has 0 atom stereocenters. The molecule has 2 aliphatic heterocycles. The third-order valence-corrected chi connectivity index (χ3v) is 8.78. The van der Waals surface area contributed by atoms with E-state index in [9.17, 15) is 9.59 Å². The highest BCUT2D eigenvalue weighted by molar-refractivity contribution is 6.02. The normalized spacial score (nSPS) is 21.3. The lowest BCUT2D eigenvalue weighted by Crippen LogP contribution is -2.52. The minimum atomic E-state index is -0.323. The first-order chi connectivity index (χ1) is 19.0. The quantitative estimate of drug-likeness (QED) is 0.515. The predicted octanol–water partition coefficient (Wildman–Crippen LogP) is 2.67. The topological polar surface area (TPSA) is 115 Å². The number of benzene rings is 1. The van der Waals surface area contributed by atoms with Crippen LogP contribution in [-0.2, 0) is 4.79 Å². The Morgan fingerprint density at radius 1 is 1.15 bits per heavy atom. The summed E-state index contributed by atoms with van der Waals surface area (Å²) < 4.78 is 5.63. The Labute approximate surface area is 229 Å². The van der Waals surface area contributed by atoms with Crippen molar-refractivity contribution >= 4 is 35.0 Å². The van der Waals surface area contributed by atoms with Crippen molar-refractivity contribution in [1.29, 1.82) is 0 Å². The minimum absolute atomic E-state index is 0.173. The number of fused-ring (bicyclic) bond motifs is 1. The molecule has 3 heterocycles. The van der Waals surface area contributed by atoms with Gasteiger partial charge in [0.2, 0.25) is 11.9 Å². The van der Waals surface area contributed by atoms with E-state index in [1.165, 1.54) is 12.8 Å². The van der Waals surface area contributed by atoms with E-state index in [4.69, 9.17) is 9.72 Å². The summed E-state index contributed by atoms with van der Waals surface area (Å²) in [6, 6.07) is 5.69. The standard InChI is InChI=1S/C28H38N8O3/c1-34-22-17-30-27(32-24(22)36(20-6-3-4-7-20)18-28(26(34)38)10-5-11-28)31-21-9-8-19(16-23(21)39-2)25(37)33-35-14-12-29-13-15-35/h8-9,16-17,20,29H,3-7,10-15,18H2,1-2H3,(H,33,37)(H,30,31,32). The molecular weight excluding hydrogens is 496 g/mol. The summed E-state index contributed by atoms with van der Waals surface area (Å²) in [6.45, 7) is 3.92. The van der Waals surface area contributed by atoms with Crippen molar-refractivity contribution in [2.45, 2.75) is 51.0 Å². The number of carbonyl (C=O) groups is 2. The van der Waals surface area contributed by atoms with Crippen LogP contribution in [0.3, 0.4) is 0 Å². The number of hydrogen-bond donors (Lipinski definition) is 3. The van der Waals surface area contributed by atoms with Gasteiger partial charge in [0.05, 0.1) is 24.4 Å². The van der Waals surface area contributed by atoms with Gasteiger partial charge in [-0.2, -0.15) is 4.98 Å². The van der Waals surface area contributed by atoms with Gasteiger partial charge in [0.1, 0.15) is 11.4 Å². The fraction of sp³-hybridized carbons (Fsp3) is 0.571. The maximum Gasteiger partial charge on any atom is 0.265 e. The van der Waals surface area contributed by atoms with E-state index in [2.05, 4.69) is 25.9 Å². The van der Waals surface area contributed by atoms with E-state index >= 15 is 0 Å². The molecule has 3 fully saturated rings. The highest BCUT2D eigenvalue weighted by Gasteiger charge is 2.51. The molecule has 2 aliphatic carbocycles. The molecule has 0 radical (unpaired) electrons. The SMILES string of the molecule is COc1cc(C(=O)NN2CCNCC2)ccc1Nc1ncc2c(n1)N(C1CCCC1)CC1(CCC1)C(=O)N2C. The average Bonchev–Trinajstić information content (AvgIpc) is 3.45. The lowest BCUT2D eigenvalue weighted by Gasteiger charge is -2.44. The Bertz CT molecular complexity index is 1240. The summed E-state index contributed by atoms with van der Waals surface area (Å²) in [6.07, 6.45) is 9.34. The Kier molecular flexibility index (Phi) is 7.03. The van der Waals surface area contributed by atoms with Crippen LogP contribution in [-0.4, -0.2) is 79.7 Å². The molecule has 3 N–H and O–H groups in total. The largest absolute Gasteiger partial charge is 0.495 e. The summed E-state index contributed by atoms with van der Waals surface area (Å²) >= 11 is 0. The number of nitrogens with zero attached hydrogens (tertiary/aromatic N) is 5. The molecule has 2 saturated carbocycles. The fourth-order valence-electron chi connectivity index (χ4n) is 6.34. The highest BCUT2D eigenvalue weighted by atomic mass is 16.5. The molecule has 0 unspecified atom stereocenters. The Morgan fingerprint density at radius 2 is 1.92 bits per heavy atom. The number of aromatic nitrogens is 2. The van der Waals surface area contributed by atoms with E-state index < -0.39 is 0 Å². The van der Waals surface area contributed by atoms with Crippen molar-refractivity contribution in [3.05, 3.63) is 30.0 Å². The van der Waals surface area contributed by atoms with Gasteiger partial charge in [-0.05, 0) is 43.9 Å². The molecule has 4 aliphatic rings. The van der Waals surface area contributed by atoms with E-state index in [1.54, 1.807) is 30.3 Å². The number of methoxy groups -OCH3 is 1. The zero-order chi connectivity index (χ0) is 27.0. The second kappa shape index (κ2) is 10.6. The zero-order valence-corrected chi connectivity index (χ0v) is 22.8. The molecule has 1 spiro atoms. The lowest BCUT2D eigenvalue weighted by molar-refractivity contribution is -0.131. The number of nitrogens with one attached hydrogen (secondary N) is 3. The minimum Gasteiger partial charge on any atom is -0.495 e. The molecule has 0 bridgehead atoms. The van der Waals surface area contributed by atoms with E-state index in [1.807, 2.05) is 18.1 Å². The molecule has 2 amide bonds. The maximum absolute atomic E-state index is 13.5. The number of carbonyl (C=O) groups excluding carboxylic acids is 2. The highest BCUT2D eigenvalue weighted by Crippen LogP contribution is 2.49. The van der Waals surface area contributed by atoms with Gasteiger partial charge in [-0.1, -0.05) is 19.3 Å². The molecule has 1 aromatic heterocycles. The van der Waals surface area contributed by atoms with Crippen LogP contribution < -0.4 is 30.6 Å². The molecule has 39 heavy (non-hydrogen) atoms. The van der Waals surface area contributed by atoms with Crippen LogP contribution in [0.5, 0.6) is 5.75 Å². The molecule has 11 nitrogen and oxygen atoms in total. The third-order valence-electron chi connectivity index (χ3n) is 8.78. The van der Waals surface area contributed by atoms with Gasteiger partial charge in [0.15, 0.2) is 5.82 Å². The maximum atomic E-state index is 13.5. The van der Waals surface area contributed by atoms with Crippen molar-refractivity contribution in [1.82, 2.24) is 25.7 Å². The van der Waals surface area contributed by atoms with Gasteiger partial charge in [0, 0.05) is 51.4 Å². The van der Waals surface area contributed by atoms with Gasteiger partial charge in [-0.3, -0.25) is 15.0 Å². The fourth-order valence-corrected chi connectivity index (χ4v) is 6.34. The Hall–Kier alpha value is -3.44. The van der Waals surface area contributed by atoms with E-state index in [0.29, 0.717) is 35.5 Å². The van der Waals surface area contributed by atoms with Gasteiger partial charge in [-0.15, -0.1) is 0 Å². The monoisotopic (exact) mass is 534 g/mol. The van der Waals surface area contributed by atoms with Gasteiger partial charge < -0.3 is 25.2 Å². The molecule has 11 heteroatoms. The van der Waals surface area contributed by atoms with Crippen molar-refractivity contribution in [3.63, 3.8) is 0 Å². The first-order valence-corrected chi connectivity index (χ1v) is 14.1. The van der Waals surface area contributed by atoms with Crippen molar-refractivity contribution in [2.75, 3.05) is 62.0 Å². The summed E-state index contributed by atoms with van der Waals surface area (Å²) in [5.41, 5.74) is 4.58. The molecule has 1 saturated heterocycles. The van der Waals surface area contributed by atoms with Crippen LogP contribution in [0.1, 0.15) is 55.3 Å². The van der Waals surface area contributed by atoms with E-state index in [0.717, 1.165) is 69.8 Å². The van der Waals surface area contributed by atoms with Crippen molar-refractivity contribution in [2.24, 2.45) is 5.41 Å². The molecular formula is C28H38N8O3. The predicted molar refractivity (Wildman–Crippen MR) is 150 cm³/mol. The number of hydrogen-bond acceptors (Lipinski definition) is 9. The lowest BCUT2D eigenvalue weighted by atomic mass is 9.67. The van der Waals surface area contributed by atoms with Crippen LogP contribution in [0.15, 0.2) is 24.4 Å². The van der Waals surface area contributed by atoms with Gasteiger partial charge in [0.25, 0.3) is 5.91 Å².